The molecule has 1 heterocycles. The fraction of sp³-hybridized carbons (Fsp3) is 0.933. The maximum atomic E-state index is 12.5. The zero-order chi connectivity index (χ0) is 13.4. The number of amides is 1. The van der Waals surface area contributed by atoms with Crippen LogP contribution >= 0.6 is 0 Å². The van der Waals surface area contributed by atoms with E-state index >= 15 is 0 Å². The zero-order valence-electron chi connectivity index (χ0n) is 12.4. The van der Waals surface area contributed by atoms with E-state index in [1.54, 1.807) is 0 Å². The van der Waals surface area contributed by atoms with Crippen LogP contribution in [0.2, 0.25) is 0 Å². The first-order chi connectivity index (χ1) is 8.72. The van der Waals surface area contributed by atoms with Crippen LogP contribution in [0.15, 0.2) is 0 Å². The van der Waals surface area contributed by atoms with Crippen molar-refractivity contribution >= 4 is 5.91 Å². The van der Waals surface area contributed by atoms with E-state index in [1.807, 2.05) is 0 Å². The highest BCUT2D eigenvalue weighted by Crippen LogP contribution is 2.19. The van der Waals surface area contributed by atoms with Crippen LogP contribution in [0.5, 0.6) is 0 Å². The second-order valence-electron chi connectivity index (χ2n) is 5.43. The molecule has 2 atom stereocenters. The summed E-state index contributed by atoms with van der Waals surface area (Å²) in [6, 6.07) is 0.511. The van der Waals surface area contributed by atoms with E-state index in [0.29, 0.717) is 11.9 Å². The molecular formula is C15H30N2O. The van der Waals surface area contributed by atoms with Crippen molar-refractivity contribution in [2.75, 3.05) is 19.6 Å². The zero-order valence-corrected chi connectivity index (χ0v) is 12.4. The maximum Gasteiger partial charge on any atom is 0.225 e. The SMILES string of the molecule is CCCCC(CC)C(=O)N1CCCC(NCC)C1. The van der Waals surface area contributed by atoms with Gasteiger partial charge in [-0.2, -0.15) is 0 Å². The monoisotopic (exact) mass is 254 g/mol. The lowest BCUT2D eigenvalue weighted by atomic mass is 9.96. The van der Waals surface area contributed by atoms with Gasteiger partial charge in [-0.3, -0.25) is 4.79 Å². The maximum absolute atomic E-state index is 12.5. The summed E-state index contributed by atoms with van der Waals surface area (Å²) in [5.74, 6) is 0.652. The van der Waals surface area contributed by atoms with E-state index in [1.165, 1.54) is 19.3 Å². The summed E-state index contributed by atoms with van der Waals surface area (Å²) >= 11 is 0. The first-order valence-corrected chi connectivity index (χ1v) is 7.75. The fourth-order valence-corrected chi connectivity index (χ4v) is 2.84. The summed E-state index contributed by atoms with van der Waals surface area (Å²) in [5, 5.41) is 3.48. The van der Waals surface area contributed by atoms with Gasteiger partial charge in [0.25, 0.3) is 0 Å². The molecule has 0 radical (unpaired) electrons. The summed E-state index contributed by atoms with van der Waals surface area (Å²) in [5.41, 5.74) is 0. The van der Waals surface area contributed by atoms with Gasteiger partial charge in [-0.05, 0) is 32.2 Å². The predicted octanol–water partition coefficient (Wildman–Crippen LogP) is 2.80. The smallest absolute Gasteiger partial charge is 0.225 e. The van der Waals surface area contributed by atoms with Crippen molar-refractivity contribution in [2.24, 2.45) is 5.92 Å². The Morgan fingerprint density at radius 2 is 2.17 bits per heavy atom. The van der Waals surface area contributed by atoms with Crippen molar-refractivity contribution in [3.05, 3.63) is 0 Å². The van der Waals surface area contributed by atoms with E-state index in [4.69, 9.17) is 0 Å². The molecule has 0 aliphatic carbocycles. The van der Waals surface area contributed by atoms with E-state index in [2.05, 4.69) is 31.0 Å². The molecule has 0 bridgehead atoms. The fourth-order valence-electron chi connectivity index (χ4n) is 2.84. The van der Waals surface area contributed by atoms with E-state index in [-0.39, 0.29) is 5.92 Å². The topological polar surface area (TPSA) is 32.3 Å². The molecule has 0 saturated carbocycles. The van der Waals surface area contributed by atoms with E-state index < -0.39 is 0 Å². The van der Waals surface area contributed by atoms with Gasteiger partial charge in [0, 0.05) is 25.0 Å². The molecule has 2 unspecified atom stereocenters. The third-order valence-corrected chi connectivity index (χ3v) is 3.97. The quantitative estimate of drug-likeness (QED) is 0.757. The van der Waals surface area contributed by atoms with Crippen LogP contribution in [-0.4, -0.2) is 36.5 Å². The average molecular weight is 254 g/mol. The van der Waals surface area contributed by atoms with Crippen molar-refractivity contribution in [3.63, 3.8) is 0 Å². The average Bonchev–Trinajstić information content (AvgIpc) is 2.40. The second-order valence-corrected chi connectivity index (χ2v) is 5.43. The second kappa shape index (κ2) is 8.52. The number of nitrogens with zero attached hydrogens (tertiary/aromatic N) is 1. The first kappa shape index (κ1) is 15.5. The normalized spacial score (nSPS) is 21.9. The third-order valence-electron chi connectivity index (χ3n) is 3.97. The van der Waals surface area contributed by atoms with Gasteiger partial charge in [0.15, 0.2) is 0 Å². The van der Waals surface area contributed by atoms with Crippen molar-refractivity contribution in [2.45, 2.75) is 65.3 Å². The van der Waals surface area contributed by atoms with Crippen molar-refractivity contribution in [1.82, 2.24) is 10.2 Å². The summed E-state index contributed by atoms with van der Waals surface area (Å²) in [6.45, 7) is 9.35. The lowest BCUT2D eigenvalue weighted by Gasteiger charge is -2.35. The Morgan fingerprint density at radius 1 is 1.39 bits per heavy atom. The van der Waals surface area contributed by atoms with Crippen LogP contribution in [0.4, 0.5) is 0 Å². The molecule has 1 aliphatic rings. The van der Waals surface area contributed by atoms with Gasteiger partial charge in [-0.1, -0.05) is 33.6 Å². The van der Waals surface area contributed by atoms with Gasteiger partial charge in [-0.25, -0.2) is 0 Å². The van der Waals surface area contributed by atoms with Crippen LogP contribution in [0, 0.1) is 5.92 Å². The molecule has 3 nitrogen and oxygen atoms in total. The molecular weight excluding hydrogens is 224 g/mol. The van der Waals surface area contributed by atoms with Crippen molar-refractivity contribution < 1.29 is 4.79 Å². The van der Waals surface area contributed by atoms with Crippen molar-refractivity contribution in [1.29, 1.82) is 0 Å². The number of likely N-dealkylation sites (N-methyl/N-ethyl adjacent to an activating group) is 1. The lowest BCUT2D eigenvalue weighted by molar-refractivity contribution is -0.137. The summed E-state index contributed by atoms with van der Waals surface area (Å²) in [4.78, 5) is 14.6. The molecule has 1 saturated heterocycles. The minimum absolute atomic E-state index is 0.255. The molecule has 1 aliphatic heterocycles. The molecule has 0 spiro atoms. The van der Waals surface area contributed by atoms with Gasteiger partial charge < -0.3 is 10.2 Å². The van der Waals surface area contributed by atoms with E-state index in [0.717, 1.165) is 38.9 Å². The molecule has 3 heteroatoms. The molecule has 1 fully saturated rings. The number of likely N-dealkylation sites (tertiary alicyclic amines) is 1. The Hall–Kier alpha value is -0.570. The highest BCUT2D eigenvalue weighted by molar-refractivity contribution is 5.78. The van der Waals surface area contributed by atoms with Gasteiger partial charge in [0.1, 0.15) is 0 Å². The third kappa shape index (κ3) is 4.60. The number of rotatable bonds is 7. The molecule has 18 heavy (non-hydrogen) atoms. The molecule has 0 aromatic carbocycles. The number of piperidine rings is 1. The summed E-state index contributed by atoms with van der Waals surface area (Å²) in [6.07, 6.45) is 6.77. The summed E-state index contributed by atoms with van der Waals surface area (Å²) < 4.78 is 0. The molecule has 0 aromatic heterocycles. The molecule has 0 aromatic rings. The number of hydrogen-bond acceptors (Lipinski definition) is 2. The number of carbonyl (C=O) groups is 1. The summed E-state index contributed by atoms with van der Waals surface area (Å²) in [7, 11) is 0. The van der Waals surface area contributed by atoms with Crippen LogP contribution in [0.3, 0.4) is 0 Å². The van der Waals surface area contributed by atoms with E-state index in [9.17, 15) is 4.79 Å². The van der Waals surface area contributed by atoms with Crippen LogP contribution in [0.25, 0.3) is 0 Å². The molecule has 1 amide bonds. The number of unbranched alkanes of at least 4 members (excludes halogenated alkanes) is 1. The highest BCUT2D eigenvalue weighted by atomic mass is 16.2. The standard InChI is InChI=1S/C15H30N2O/c1-4-7-9-13(5-2)15(18)17-11-8-10-14(12-17)16-6-3/h13-14,16H,4-12H2,1-3H3. The van der Waals surface area contributed by atoms with Crippen LogP contribution in [-0.2, 0) is 4.79 Å². The van der Waals surface area contributed by atoms with Gasteiger partial charge in [0.05, 0.1) is 0 Å². The lowest BCUT2D eigenvalue weighted by Crippen LogP contribution is -2.49. The minimum atomic E-state index is 0.255. The Kier molecular flexibility index (Phi) is 7.33. The Morgan fingerprint density at radius 3 is 2.78 bits per heavy atom. The number of carbonyl (C=O) groups excluding carboxylic acids is 1. The van der Waals surface area contributed by atoms with Gasteiger partial charge >= 0.3 is 0 Å². The highest BCUT2D eigenvalue weighted by Gasteiger charge is 2.27. The van der Waals surface area contributed by atoms with Gasteiger partial charge in [-0.15, -0.1) is 0 Å². The first-order valence-electron chi connectivity index (χ1n) is 7.75. The Bertz CT molecular complexity index is 241. The predicted molar refractivity (Wildman–Crippen MR) is 76.6 cm³/mol. The largest absolute Gasteiger partial charge is 0.341 e. The van der Waals surface area contributed by atoms with Gasteiger partial charge in [0.2, 0.25) is 5.91 Å². The van der Waals surface area contributed by atoms with Crippen molar-refractivity contribution in [3.8, 4) is 0 Å². The van der Waals surface area contributed by atoms with Crippen LogP contribution in [0.1, 0.15) is 59.3 Å². The number of hydrogen-bond donors (Lipinski definition) is 1. The Balaban J connectivity index is 2.47. The molecule has 1 N–H and O–H groups in total. The Labute approximate surface area is 112 Å². The van der Waals surface area contributed by atoms with Crippen LogP contribution < -0.4 is 5.32 Å². The number of nitrogens with one attached hydrogen (secondary N) is 1. The minimum Gasteiger partial charge on any atom is -0.341 e. The molecule has 106 valence electrons. The molecule has 1 rings (SSSR count).